The molecular weight excluding hydrogens is 146 g/mol. The van der Waals surface area contributed by atoms with Crippen LogP contribution in [0.4, 0.5) is 0 Å². The van der Waals surface area contributed by atoms with Crippen LogP contribution in [0.2, 0.25) is 0 Å². The number of nitrogens with one attached hydrogen (secondary N) is 1. The second-order valence-electron chi connectivity index (χ2n) is 3.59. The SMILES string of the molecule is CCCCNCCC1=C(CC)C1. The Kier molecular flexibility index (Phi) is 4.37. The molecule has 0 atom stereocenters. The highest BCUT2D eigenvalue weighted by Crippen LogP contribution is 2.35. The lowest BCUT2D eigenvalue weighted by molar-refractivity contribution is 0.641. The highest BCUT2D eigenvalue weighted by atomic mass is 14.8. The van der Waals surface area contributed by atoms with E-state index in [1.807, 2.05) is 0 Å². The number of allylic oxidation sites excluding steroid dienone is 1. The Morgan fingerprint density at radius 2 is 2.00 bits per heavy atom. The molecule has 0 unspecified atom stereocenters. The largest absolute Gasteiger partial charge is 0.316 e. The van der Waals surface area contributed by atoms with E-state index in [4.69, 9.17) is 0 Å². The fourth-order valence-electron chi connectivity index (χ4n) is 1.52. The van der Waals surface area contributed by atoms with Gasteiger partial charge in [-0.15, -0.1) is 0 Å². The van der Waals surface area contributed by atoms with Gasteiger partial charge in [-0.1, -0.05) is 31.4 Å². The summed E-state index contributed by atoms with van der Waals surface area (Å²) >= 11 is 0. The molecule has 0 spiro atoms. The van der Waals surface area contributed by atoms with E-state index in [1.165, 1.54) is 45.2 Å². The van der Waals surface area contributed by atoms with Crippen LogP contribution >= 0.6 is 0 Å². The predicted molar refractivity (Wildman–Crippen MR) is 54.3 cm³/mol. The first-order valence-corrected chi connectivity index (χ1v) is 5.29. The van der Waals surface area contributed by atoms with Crippen LogP contribution < -0.4 is 5.32 Å². The molecular formula is C11H21N. The minimum atomic E-state index is 1.19. The number of unbranched alkanes of at least 4 members (excludes halogenated alkanes) is 1. The normalized spacial score (nSPS) is 15.5. The van der Waals surface area contributed by atoms with Crippen molar-refractivity contribution in [3.05, 3.63) is 11.1 Å². The summed E-state index contributed by atoms with van der Waals surface area (Å²) in [7, 11) is 0. The van der Waals surface area contributed by atoms with Gasteiger partial charge in [-0.25, -0.2) is 0 Å². The quantitative estimate of drug-likeness (QED) is 0.454. The highest BCUT2D eigenvalue weighted by Gasteiger charge is 2.17. The Morgan fingerprint density at radius 1 is 1.17 bits per heavy atom. The van der Waals surface area contributed by atoms with E-state index in [2.05, 4.69) is 19.2 Å². The maximum Gasteiger partial charge on any atom is -0.00114 e. The van der Waals surface area contributed by atoms with Crippen molar-refractivity contribution in [2.75, 3.05) is 13.1 Å². The summed E-state index contributed by atoms with van der Waals surface area (Å²) < 4.78 is 0. The third-order valence-electron chi connectivity index (χ3n) is 2.54. The number of hydrogen-bond acceptors (Lipinski definition) is 1. The summed E-state index contributed by atoms with van der Waals surface area (Å²) in [6.45, 7) is 6.89. The smallest absolute Gasteiger partial charge is 0.00114 e. The summed E-state index contributed by atoms with van der Waals surface area (Å²) in [5.41, 5.74) is 3.44. The first kappa shape index (κ1) is 9.79. The molecule has 0 aromatic heterocycles. The zero-order valence-electron chi connectivity index (χ0n) is 8.45. The van der Waals surface area contributed by atoms with Gasteiger partial charge >= 0.3 is 0 Å². The molecule has 1 rings (SSSR count). The summed E-state index contributed by atoms with van der Waals surface area (Å²) in [6, 6.07) is 0. The average molecular weight is 167 g/mol. The van der Waals surface area contributed by atoms with Gasteiger partial charge in [0.1, 0.15) is 0 Å². The fourth-order valence-corrected chi connectivity index (χ4v) is 1.52. The molecule has 0 radical (unpaired) electrons. The maximum absolute atomic E-state index is 3.47. The van der Waals surface area contributed by atoms with Crippen molar-refractivity contribution in [2.45, 2.75) is 46.0 Å². The highest BCUT2D eigenvalue weighted by molar-refractivity contribution is 5.34. The molecule has 0 saturated carbocycles. The van der Waals surface area contributed by atoms with Crippen LogP contribution in [0.5, 0.6) is 0 Å². The first-order chi connectivity index (χ1) is 5.88. The second-order valence-corrected chi connectivity index (χ2v) is 3.59. The molecule has 0 aromatic rings. The van der Waals surface area contributed by atoms with Gasteiger partial charge < -0.3 is 5.32 Å². The van der Waals surface area contributed by atoms with Gasteiger partial charge in [0.2, 0.25) is 0 Å². The zero-order valence-corrected chi connectivity index (χ0v) is 8.45. The molecule has 1 nitrogen and oxygen atoms in total. The molecule has 0 aliphatic heterocycles. The van der Waals surface area contributed by atoms with E-state index in [0.717, 1.165) is 0 Å². The molecule has 0 heterocycles. The van der Waals surface area contributed by atoms with Gasteiger partial charge in [0.25, 0.3) is 0 Å². The Labute approximate surface area is 76.2 Å². The average Bonchev–Trinajstić information content (AvgIpc) is 2.83. The van der Waals surface area contributed by atoms with Crippen LogP contribution in [0.15, 0.2) is 11.1 Å². The van der Waals surface area contributed by atoms with Gasteiger partial charge in [0, 0.05) is 0 Å². The minimum Gasteiger partial charge on any atom is -0.316 e. The van der Waals surface area contributed by atoms with E-state index < -0.39 is 0 Å². The minimum absolute atomic E-state index is 1.19. The first-order valence-electron chi connectivity index (χ1n) is 5.29. The molecule has 0 fully saturated rings. The summed E-state index contributed by atoms with van der Waals surface area (Å²) in [5, 5.41) is 3.47. The zero-order chi connectivity index (χ0) is 8.81. The van der Waals surface area contributed by atoms with Gasteiger partial charge in [0.05, 0.1) is 0 Å². The summed E-state index contributed by atoms with van der Waals surface area (Å²) in [4.78, 5) is 0. The van der Waals surface area contributed by atoms with E-state index in [9.17, 15) is 0 Å². The van der Waals surface area contributed by atoms with Crippen molar-refractivity contribution < 1.29 is 0 Å². The fraction of sp³-hybridized carbons (Fsp3) is 0.818. The maximum atomic E-state index is 3.47. The van der Waals surface area contributed by atoms with Crippen molar-refractivity contribution in [1.82, 2.24) is 5.32 Å². The summed E-state index contributed by atoms with van der Waals surface area (Å²) in [5.74, 6) is 0. The van der Waals surface area contributed by atoms with Crippen molar-refractivity contribution in [3.63, 3.8) is 0 Å². The lowest BCUT2D eigenvalue weighted by Crippen LogP contribution is -2.15. The topological polar surface area (TPSA) is 12.0 Å². The van der Waals surface area contributed by atoms with Crippen LogP contribution in [0.3, 0.4) is 0 Å². The molecule has 1 heteroatoms. The summed E-state index contributed by atoms with van der Waals surface area (Å²) in [6.07, 6.45) is 6.54. The van der Waals surface area contributed by atoms with Crippen LogP contribution in [-0.4, -0.2) is 13.1 Å². The molecule has 0 aromatic carbocycles. The monoisotopic (exact) mass is 167 g/mol. The Balaban J connectivity index is 1.87. The Hall–Kier alpha value is -0.300. The molecule has 70 valence electrons. The van der Waals surface area contributed by atoms with Crippen LogP contribution in [0.1, 0.15) is 46.0 Å². The molecule has 1 aliphatic rings. The molecule has 1 N–H and O–H groups in total. The molecule has 0 bridgehead atoms. The number of hydrogen-bond donors (Lipinski definition) is 1. The van der Waals surface area contributed by atoms with Gasteiger partial charge in [-0.05, 0) is 38.8 Å². The van der Waals surface area contributed by atoms with Gasteiger partial charge in [0.15, 0.2) is 0 Å². The van der Waals surface area contributed by atoms with Gasteiger partial charge in [-0.3, -0.25) is 0 Å². The number of rotatable bonds is 7. The third-order valence-corrected chi connectivity index (χ3v) is 2.54. The Morgan fingerprint density at radius 3 is 2.58 bits per heavy atom. The van der Waals surface area contributed by atoms with E-state index in [1.54, 1.807) is 11.1 Å². The lowest BCUT2D eigenvalue weighted by Gasteiger charge is -1.99. The molecule has 0 amide bonds. The molecule has 12 heavy (non-hydrogen) atoms. The van der Waals surface area contributed by atoms with Gasteiger partial charge in [-0.2, -0.15) is 0 Å². The van der Waals surface area contributed by atoms with E-state index in [-0.39, 0.29) is 0 Å². The van der Waals surface area contributed by atoms with Crippen LogP contribution in [0, 0.1) is 0 Å². The molecule has 1 aliphatic carbocycles. The van der Waals surface area contributed by atoms with Crippen molar-refractivity contribution in [3.8, 4) is 0 Å². The van der Waals surface area contributed by atoms with Crippen LogP contribution in [-0.2, 0) is 0 Å². The van der Waals surface area contributed by atoms with Crippen LogP contribution in [0.25, 0.3) is 0 Å². The van der Waals surface area contributed by atoms with Crippen molar-refractivity contribution >= 4 is 0 Å². The Bertz CT molecular complexity index is 158. The van der Waals surface area contributed by atoms with E-state index in [0.29, 0.717) is 0 Å². The second kappa shape index (κ2) is 5.36. The van der Waals surface area contributed by atoms with Crippen molar-refractivity contribution in [2.24, 2.45) is 0 Å². The van der Waals surface area contributed by atoms with E-state index >= 15 is 0 Å². The standard InChI is InChI=1S/C11H21N/c1-3-5-7-12-8-6-11-9-10(11)4-2/h12H,3-9H2,1-2H3. The molecule has 0 saturated heterocycles. The predicted octanol–water partition coefficient (Wildman–Crippen LogP) is 2.88. The third kappa shape index (κ3) is 3.40. The lowest BCUT2D eigenvalue weighted by atomic mass is 10.3. The van der Waals surface area contributed by atoms with Crippen molar-refractivity contribution in [1.29, 1.82) is 0 Å².